The average molecular weight is 154 g/mol. The summed E-state index contributed by atoms with van der Waals surface area (Å²) in [7, 11) is 0. The van der Waals surface area contributed by atoms with Gasteiger partial charge in [-0.25, -0.2) is 0 Å². The highest BCUT2D eigenvalue weighted by Crippen LogP contribution is 2.06. The molecule has 0 radical (unpaired) electrons. The first kappa shape index (κ1) is 7.78. The molecular weight excluding hydrogens is 144 g/mol. The Kier molecular flexibility index (Phi) is 2.25. The van der Waals surface area contributed by atoms with Gasteiger partial charge in [0.05, 0.1) is 0 Å². The standard InChI is InChI=1S/C7H10N2O2/c1-3-8-7-9-6(4-11-7)5(2)10/h4H,3H2,1-2H3,(H,8,9). The first-order valence-corrected chi connectivity index (χ1v) is 3.44. The van der Waals surface area contributed by atoms with Gasteiger partial charge in [0.1, 0.15) is 12.0 Å². The van der Waals surface area contributed by atoms with Crippen molar-refractivity contribution >= 4 is 11.8 Å². The van der Waals surface area contributed by atoms with Crippen molar-refractivity contribution in [3.8, 4) is 0 Å². The molecule has 4 heteroatoms. The molecule has 4 nitrogen and oxygen atoms in total. The van der Waals surface area contributed by atoms with Crippen LogP contribution >= 0.6 is 0 Å². The number of ketones is 1. The number of aromatic nitrogens is 1. The fraction of sp³-hybridized carbons (Fsp3) is 0.429. The summed E-state index contributed by atoms with van der Waals surface area (Å²) in [5.74, 6) is -0.0853. The van der Waals surface area contributed by atoms with Gasteiger partial charge in [-0.2, -0.15) is 4.98 Å². The Morgan fingerprint density at radius 1 is 1.82 bits per heavy atom. The highest BCUT2D eigenvalue weighted by Gasteiger charge is 2.05. The zero-order chi connectivity index (χ0) is 8.27. The van der Waals surface area contributed by atoms with Crippen LogP contribution in [-0.4, -0.2) is 17.3 Å². The van der Waals surface area contributed by atoms with Crippen molar-refractivity contribution < 1.29 is 9.21 Å². The fourth-order valence-electron chi connectivity index (χ4n) is 0.668. The van der Waals surface area contributed by atoms with Crippen molar-refractivity contribution in [3.05, 3.63) is 12.0 Å². The van der Waals surface area contributed by atoms with Crippen LogP contribution in [0.2, 0.25) is 0 Å². The molecule has 0 aliphatic rings. The van der Waals surface area contributed by atoms with Crippen molar-refractivity contribution in [3.63, 3.8) is 0 Å². The molecule has 0 fully saturated rings. The topological polar surface area (TPSA) is 55.1 Å². The van der Waals surface area contributed by atoms with Crippen molar-refractivity contribution in [2.75, 3.05) is 11.9 Å². The number of carbonyl (C=O) groups is 1. The third-order valence-corrected chi connectivity index (χ3v) is 1.19. The minimum atomic E-state index is -0.0853. The average Bonchev–Trinajstić information content (AvgIpc) is 2.37. The Morgan fingerprint density at radius 2 is 2.55 bits per heavy atom. The van der Waals surface area contributed by atoms with Gasteiger partial charge in [-0.05, 0) is 6.92 Å². The molecule has 0 saturated heterocycles. The Balaban J connectivity index is 2.73. The van der Waals surface area contributed by atoms with E-state index in [0.717, 1.165) is 6.54 Å². The third-order valence-electron chi connectivity index (χ3n) is 1.19. The van der Waals surface area contributed by atoms with Crippen LogP contribution < -0.4 is 5.32 Å². The van der Waals surface area contributed by atoms with Crippen molar-refractivity contribution in [1.29, 1.82) is 0 Å². The predicted octanol–water partition coefficient (Wildman–Crippen LogP) is 1.31. The number of nitrogens with one attached hydrogen (secondary N) is 1. The van der Waals surface area contributed by atoms with E-state index in [2.05, 4.69) is 10.3 Å². The van der Waals surface area contributed by atoms with Gasteiger partial charge in [0.25, 0.3) is 6.01 Å². The van der Waals surface area contributed by atoms with Gasteiger partial charge in [-0.1, -0.05) is 0 Å². The fourth-order valence-corrected chi connectivity index (χ4v) is 0.668. The molecule has 0 unspecified atom stereocenters. The molecular formula is C7H10N2O2. The number of hydrogen-bond donors (Lipinski definition) is 1. The summed E-state index contributed by atoms with van der Waals surface area (Å²) in [6.45, 7) is 4.11. The lowest BCUT2D eigenvalue weighted by Crippen LogP contribution is -1.97. The lowest BCUT2D eigenvalue weighted by Gasteiger charge is -1.91. The number of nitrogens with zero attached hydrogens (tertiary/aromatic N) is 1. The molecule has 0 atom stereocenters. The van der Waals surface area contributed by atoms with E-state index in [1.54, 1.807) is 0 Å². The molecule has 0 aromatic carbocycles. The van der Waals surface area contributed by atoms with Crippen molar-refractivity contribution in [1.82, 2.24) is 4.98 Å². The van der Waals surface area contributed by atoms with Crippen LogP contribution in [0, 0.1) is 0 Å². The van der Waals surface area contributed by atoms with Gasteiger partial charge >= 0.3 is 0 Å². The Hall–Kier alpha value is -1.32. The molecule has 0 bridgehead atoms. The number of Topliss-reactive ketones (excluding diaryl/α,β-unsaturated/α-hetero) is 1. The highest BCUT2D eigenvalue weighted by molar-refractivity contribution is 5.91. The number of rotatable bonds is 3. The first-order valence-electron chi connectivity index (χ1n) is 3.44. The second-order valence-electron chi connectivity index (χ2n) is 2.12. The van der Waals surface area contributed by atoms with E-state index in [1.165, 1.54) is 13.2 Å². The van der Waals surface area contributed by atoms with E-state index < -0.39 is 0 Å². The predicted molar refractivity (Wildman–Crippen MR) is 40.7 cm³/mol. The maximum atomic E-state index is 10.7. The molecule has 1 aromatic heterocycles. The minimum Gasteiger partial charge on any atom is -0.431 e. The van der Waals surface area contributed by atoms with E-state index in [0.29, 0.717) is 11.7 Å². The molecule has 0 saturated carbocycles. The zero-order valence-electron chi connectivity index (χ0n) is 6.55. The maximum Gasteiger partial charge on any atom is 0.295 e. The minimum absolute atomic E-state index is 0.0853. The summed E-state index contributed by atoms with van der Waals surface area (Å²) in [5.41, 5.74) is 0.362. The smallest absolute Gasteiger partial charge is 0.295 e. The quantitative estimate of drug-likeness (QED) is 0.667. The normalized spacial score (nSPS) is 9.64. The highest BCUT2D eigenvalue weighted by atomic mass is 16.4. The first-order chi connectivity index (χ1) is 5.24. The van der Waals surface area contributed by atoms with Gasteiger partial charge in [-0.15, -0.1) is 0 Å². The number of anilines is 1. The summed E-state index contributed by atoms with van der Waals surface area (Å²) in [5, 5.41) is 2.85. The number of hydrogen-bond acceptors (Lipinski definition) is 4. The second-order valence-corrected chi connectivity index (χ2v) is 2.12. The largest absolute Gasteiger partial charge is 0.431 e. The van der Waals surface area contributed by atoms with Crippen LogP contribution in [-0.2, 0) is 0 Å². The van der Waals surface area contributed by atoms with E-state index in [9.17, 15) is 4.79 Å². The molecule has 0 aliphatic carbocycles. The lowest BCUT2D eigenvalue weighted by atomic mass is 10.4. The van der Waals surface area contributed by atoms with Gasteiger partial charge in [0.15, 0.2) is 5.78 Å². The molecule has 60 valence electrons. The van der Waals surface area contributed by atoms with Crippen molar-refractivity contribution in [2.24, 2.45) is 0 Å². The van der Waals surface area contributed by atoms with Crippen LogP contribution in [0.5, 0.6) is 0 Å². The number of oxazole rings is 1. The molecule has 0 aliphatic heterocycles. The second kappa shape index (κ2) is 3.18. The van der Waals surface area contributed by atoms with Gasteiger partial charge < -0.3 is 9.73 Å². The van der Waals surface area contributed by atoms with Crippen LogP contribution in [0.25, 0.3) is 0 Å². The Morgan fingerprint density at radius 3 is 3.00 bits per heavy atom. The van der Waals surface area contributed by atoms with E-state index in [4.69, 9.17) is 4.42 Å². The van der Waals surface area contributed by atoms with Crippen molar-refractivity contribution in [2.45, 2.75) is 13.8 Å². The van der Waals surface area contributed by atoms with Crippen LogP contribution in [0.1, 0.15) is 24.3 Å². The Labute approximate surface area is 64.6 Å². The van der Waals surface area contributed by atoms with Crippen LogP contribution in [0.4, 0.5) is 6.01 Å². The van der Waals surface area contributed by atoms with E-state index >= 15 is 0 Å². The number of carbonyl (C=O) groups excluding carboxylic acids is 1. The summed E-state index contributed by atoms with van der Waals surface area (Å²) in [6.07, 6.45) is 1.35. The lowest BCUT2D eigenvalue weighted by molar-refractivity contribution is 0.101. The molecule has 0 spiro atoms. The monoisotopic (exact) mass is 154 g/mol. The molecule has 1 aromatic rings. The summed E-state index contributed by atoms with van der Waals surface area (Å²) in [4.78, 5) is 14.6. The molecule has 0 amide bonds. The maximum absolute atomic E-state index is 10.7. The van der Waals surface area contributed by atoms with Gasteiger partial charge in [0.2, 0.25) is 0 Å². The molecule has 1 rings (SSSR count). The summed E-state index contributed by atoms with van der Waals surface area (Å²) < 4.78 is 4.92. The zero-order valence-corrected chi connectivity index (χ0v) is 6.55. The molecule has 1 heterocycles. The van der Waals surface area contributed by atoms with E-state index in [-0.39, 0.29) is 5.78 Å². The molecule has 1 N–H and O–H groups in total. The van der Waals surface area contributed by atoms with E-state index in [1.807, 2.05) is 6.92 Å². The van der Waals surface area contributed by atoms with Crippen LogP contribution in [0.15, 0.2) is 10.7 Å². The SMILES string of the molecule is CCNc1nc(C(C)=O)co1. The third kappa shape index (κ3) is 1.80. The Bertz CT molecular complexity index is 255. The van der Waals surface area contributed by atoms with Crippen LogP contribution in [0.3, 0.4) is 0 Å². The summed E-state index contributed by atoms with van der Waals surface area (Å²) >= 11 is 0. The van der Waals surface area contributed by atoms with Gasteiger partial charge in [-0.3, -0.25) is 4.79 Å². The summed E-state index contributed by atoms with van der Waals surface area (Å²) in [6, 6.07) is 0.401. The van der Waals surface area contributed by atoms with Gasteiger partial charge in [0, 0.05) is 13.5 Å². The molecule has 11 heavy (non-hydrogen) atoms.